The van der Waals surface area contributed by atoms with E-state index in [-0.39, 0.29) is 10.8 Å². The number of phenolic OH excluding ortho intramolecular Hbond substituents is 1. The van der Waals surface area contributed by atoms with Gasteiger partial charge in [-0.3, -0.25) is 0 Å². The maximum atomic E-state index is 10.8. The van der Waals surface area contributed by atoms with E-state index in [1.807, 2.05) is 30.3 Å². The number of hydrogen-bond acceptors (Lipinski definition) is 2. The molecule has 28 heavy (non-hydrogen) atoms. The second-order valence-corrected chi connectivity index (χ2v) is 16.3. The van der Waals surface area contributed by atoms with Crippen LogP contribution in [0.3, 0.4) is 0 Å². The monoisotopic (exact) mass is 475 g/mol. The second-order valence-electron chi connectivity index (χ2n) is 8.56. The van der Waals surface area contributed by atoms with Crippen LogP contribution in [0.25, 0.3) is 0 Å². The summed E-state index contributed by atoms with van der Waals surface area (Å²) in [7, 11) is 14.9. The van der Waals surface area contributed by atoms with Crippen molar-refractivity contribution in [1.82, 2.24) is 0 Å². The second kappa shape index (κ2) is 10.4. The van der Waals surface area contributed by atoms with E-state index in [9.17, 15) is 5.11 Å². The molecule has 0 aliphatic rings. The van der Waals surface area contributed by atoms with Gasteiger partial charge in [-0.2, -0.15) is 18.6 Å². The molecule has 0 saturated heterocycles. The van der Waals surface area contributed by atoms with Gasteiger partial charge in [-0.25, -0.2) is 0 Å². The number of phenols is 1. The zero-order valence-corrected chi connectivity index (χ0v) is 21.1. The molecule has 0 aromatic heterocycles. The minimum atomic E-state index is -1.92. The van der Waals surface area contributed by atoms with E-state index < -0.39 is 14.7 Å². The normalized spacial score (nSPS) is 11.9. The molecule has 2 aromatic rings. The van der Waals surface area contributed by atoms with Crippen molar-refractivity contribution in [3.63, 3.8) is 0 Å². The molecule has 1 N–H and O–H groups in total. The van der Waals surface area contributed by atoms with E-state index >= 15 is 0 Å². The molecule has 0 saturated carbocycles. The molecule has 0 atom stereocenters. The van der Waals surface area contributed by atoms with Crippen LogP contribution >= 0.6 is 27.9 Å². The Morgan fingerprint density at radius 3 is 1.96 bits per heavy atom. The number of benzene rings is 2. The van der Waals surface area contributed by atoms with Crippen molar-refractivity contribution in [2.24, 2.45) is 4.99 Å². The Balaban J connectivity index is 0.000000892. The van der Waals surface area contributed by atoms with Crippen LogP contribution in [0, 0.1) is 6.92 Å². The number of aromatic hydroxyl groups is 1. The molecule has 0 unspecified atom stereocenters. The summed E-state index contributed by atoms with van der Waals surface area (Å²) >= 11 is -1.92. The Morgan fingerprint density at radius 1 is 0.964 bits per heavy atom. The van der Waals surface area contributed by atoms with Gasteiger partial charge in [0, 0.05) is 17.3 Å². The van der Waals surface area contributed by atoms with Gasteiger partial charge in [-0.05, 0) is 28.1 Å². The third-order valence-electron chi connectivity index (χ3n) is 4.15. The maximum absolute atomic E-state index is 10.8. The van der Waals surface area contributed by atoms with E-state index in [0.29, 0.717) is 5.75 Å². The van der Waals surface area contributed by atoms with Crippen molar-refractivity contribution in [2.45, 2.75) is 52.4 Å². The van der Waals surface area contributed by atoms with Gasteiger partial charge < -0.3 is 10.1 Å². The zero-order chi connectivity index (χ0) is 21.7. The summed E-state index contributed by atoms with van der Waals surface area (Å²) in [6, 6.07) is 11.9. The molecular formula is C22H28Cl3NOTi. The van der Waals surface area contributed by atoms with Crippen molar-refractivity contribution < 1.29 is 19.8 Å². The molecule has 0 aliphatic heterocycles. The first kappa shape index (κ1) is 25.4. The molecule has 0 bridgehead atoms. The van der Waals surface area contributed by atoms with Crippen LogP contribution in [0.15, 0.2) is 41.4 Å². The van der Waals surface area contributed by atoms with Crippen molar-refractivity contribution >= 4 is 39.8 Å². The van der Waals surface area contributed by atoms with Crippen molar-refractivity contribution in [3.8, 4) is 5.75 Å². The van der Waals surface area contributed by atoms with Crippen LogP contribution in [0.2, 0.25) is 0 Å². The minimum absolute atomic E-state index is 0.000505. The van der Waals surface area contributed by atoms with Crippen LogP contribution in [0.4, 0.5) is 5.69 Å². The number of halogens is 3. The van der Waals surface area contributed by atoms with Crippen molar-refractivity contribution in [2.75, 3.05) is 0 Å². The Labute approximate surface area is 187 Å². The molecule has 2 rings (SSSR count). The SMILES string of the molecule is [CH2-]c1ccccc1N=Cc1cc(C(C)(C)C)cc(C(C)(C)C)c1O.[Cl][Ti+]([Cl])[Cl]. The summed E-state index contributed by atoms with van der Waals surface area (Å²) in [5.41, 5.74) is 4.43. The van der Waals surface area contributed by atoms with Gasteiger partial charge in [0.1, 0.15) is 5.75 Å². The molecule has 0 aliphatic carbocycles. The quantitative estimate of drug-likeness (QED) is 0.266. The molecular weight excluding hydrogens is 448 g/mol. The van der Waals surface area contributed by atoms with Gasteiger partial charge in [0.2, 0.25) is 0 Å². The van der Waals surface area contributed by atoms with E-state index in [0.717, 1.165) is 22.4 Å². The van der Waals surface area contributed by atoms with E-state index in [1.165, 1.54) is 5.56 Å². The standard InChI is InChI=1S/C22H28NO.3ClH.Ti/c1-15-10-8-9-11-19(15)23-14-16-12-17(21(2,3)4)13-18(20(16)24)22(5,6)7;;;;/h8-14,24H,1H2,2-7H3;3*1H;/q-1;;;;+4/p-3. The summed E-state index contributed by atoms with van der Waals surface area (Å²) in [5, 5.41) is 10.8. The fraction of sp³-hybridized carbons (Fsp3) is 0.364. The topological polar surface area (TPSA) is 32.6 Å². The number of nitrogens with zero attached hydrogens (tertiary/aromatic N) is 1. The summed E-state index contributed by atoms with van der Waals surface area (Å²) in [5.74, 6) is 0.306. The van der Waals surface area contributed by atoms with Crippen LogP contribution in [0.5, 0.6) is 5.75 Å². The number of para-hydroxylation sites is 1. The van der Waals surface area contributed by atoms with E-state index in [4.69, 9.17) is 27.9 Å². The van der Waals surface area contributed by atoms with E-state index in [1.54, 1.807) is 6.21 Å². The summed E-state index contributed by atoms with van der Waals surface area (Å²) in [6.45, 7) is 16.9. The van der Waals surface area contributed by atoms with Crippen molar-refractivity contribution in [1.29, 1.82) is 0 Å². The predicted octanol–water partition coefficient (Wildman–Crippen LogP) is 7.99. The third kappa shape index (κ3) is 8.01. The van der Waals surface area contributed by atoms with Gasteiger partial charge in [0.15, 0.2) is 0 Å². The molecule has 0 fully saturated rings. The molecule has 0 spiro atoms. The molecule has 0 radical (unpaired) electrons. The first-order valence-electron chi connectivity index (χ1n) is 8.90. The Kier molecular flexibility index (Phi) is 9.44. The first-order valence-corrected chi connectivity index (χ1v) is 15.3. The predicted molar refractivity (Wildman–Crippen MR) is 121 cm³/mol. The van der Waals surface area contributed by atoms with Gasteiger partial charge >= 0.3 is 42.6 Å². The molecule has 152 valence electrons. The summed E-state index contributed by atoms with van der Waals surface area (Å²) in [4.78, 5) is 4.54. The van der Waals surface area contributed by atoms with Crippen LogP contribution < -0.4 is 0 Å². The number of rotatable bonds is 2. The Hall–Kier alpha value is -0.636. The van der Waals surface area contributed by atoms with Gasteiger partial charge in [0.25, 0.3) is 0 Å². The molecule has 2 nitrogen and oxygen atoms in total. The number of aliphatic imine (C=N–C) groups is 1. The summed E-state index contributed by atoms with van der Waals surface area (Å²) in [6.07, 6.45) is 1.74. The molecule has 0 heterocycles. The molecule has 6 heteroatoms. The van der Waals surface area contributed by atoms with E-state index in [2.05, 4.69) is 59.5 Å². The average Bonchev–Trinajstić information content (AvgIpc) is 2.52. The van der Waals surface area contributed by atoms with Crippen LogP contribution in [-0.2, 0) is 25.5 Å². The van der Waals surface area contributed by atoms with Crippen LogP contribution in [-0.4, -0.2) is 11.3 Å². The molecule has 2 aromatic carbocycles. The fourth-order valence-corrected chi connectivity index (χ4v) is 2.54. The molecule has 0 amide bonds. The van der Waals surface area contributed by atoms with Gasteiger partial charge in [-0.15, -0.1) is 6.07 Å². The summed E-state index contributed by atoms with van der Waals surface area (Å²) < 4.78 is 0. The van der Waals surface area contributed by atoms with Gasteiger partial charge in [-0.1, -0.05) is 59.7 Å². The third-order valence-corrected chi connectivity index (χ3v) is 4.15. The average molecular weight is 477 g/mol. The first-order chi connectivity index (χ1) is 12.7. The van der Waals surface area contributed by atoms with Crippen LogP contribution in [0.1, 0.15) is 63.8 Å². The van der Waals surface area contributed by atoms with Crippen molar-refractivity contribution in [3.05, 3.63) is 65.6 Å². The Bertz CT molecular complexity index is 819. The Morgan fingerprint density at radius 2 is 1.50 bits per heavy atom. The zero-order valence-electron chi connectivity index (χ0n) is 17.3. The fourth-order valence-electron chi connectivity index (χ4n) is 2.54. The number of hydrogen-bond donors (Lipinski definition) is 1. The van der Waals surface area contributed by atoms with Gasteiger partial charge in [0.05, 0.1) is 0 Å².